The van der Waals surface area contributed by atoms with Gasteiger partial charge in [-0.2, -0.15) is 9.98 Å². The van der Waals surface area contributed by atoms with Gasteiger partial charge in [0.1, 0.15) is 0 Å². The molecule has 0 fully saturated rings. The van der Waals surface area contributed by atoms with Crippen molar-refractivity contribution >= 4 is 15.9 Å². The number of hydrogen-bond donors (Lipinski definition) is 1. The van der Waals surface area contributed by atoms with Gasteiger partial charge < -0.3 is 4.90 Å². The number of carbonyl (C=O) groups is 1. The number of nitrogens with one attached hydrogen (secondary N) is 1. The van der Waals surface area contributed by atoms with Crippen LogP contribution in [-0.4, -0.2) is 31.8 Å². The normalized spacial score (nSPS) is 12.2. The number of sulfonamides is 1. The molecule has 2 rings (SSSR count). The summed E-state index contributed by atoms with van der Waals surface area (Å²) in [5, 5.41) is 8.88. The smallest absolute Gasteiger partial charge is 0.241 e. The van der Waals surface area contributed by atoms with Gasteiger partial charge in [-0.05, 0) is 43.2 Å². The van der Waals surface area contributed by atoms with Crippen LogP contribution in [0, 0.1) is 11.3 Å². The van der Waals surface area contributed by atoms with Crippen molar-refractivity contribution in [3.8, 4) is 6.07 Å². The Labute approximate surface area is 160 Å². The van der Waals surface area contributed by atoms with Gasteiger partial charge >= 0.3 is 0 Å². The average Bonchev–Trinajstić information content (AvgIpc) is 2.68. The van der Waals surface area contributed by atoms with Crippen LogP contribution in [-0.2, 0) is 21.4 Å². The molecule has 0 aliphatic heterocycles. The molecule has 0 bridgehead atoms. The Morgan fingerprint density at radius 1 is 1.15 bits per heavy atom. The molecule has 0 saturated heterocycles. The second-order valence-electron chi connectivity index (χ2n) is 6.22. The molecule has 0 radical (unpaired) electrons. The highest BCUT2D eigenvalue weighted by molar-refractivity contribution is 7.89. The van der Waals surface area contributed by atoms with Gasteiger partial charge in [0.25, 0.3) is 0 Å². The third kappa shape index (κ3) is 5.64. The number of hydrogen-bond acceptors (Lipinski definition) is 4. The molecule has 1 amide bonds. The van der Waals surface area contributed by atoms with Gasteiger partial charge in [-0.25, -0.2) is 8.42 Å². The lowest BCUT2D eigenvalue weighted by molar-refractivity contribution is -0.133. The highest BCUT2D eigenvalue weighted by atomic mass is 32.2. The lowest BCUT2D eigenvalue weighted by atomic mass is 10.1. The van der Waals surface area contributed by atoms with Gasteiger partial charge in [0, 0.05) is 13.1 Å². The number of benzene rings is 2. The molecule has 0 aromatic heterocycles. The molecule has 0 spiro atoms. The highest BCUT2D eigenvalue weighted by Gasteiger charge is 2.25. The van der Waals surface area contributed by atoms with E-state index in [0.717, 1.165) is 12.0 Å². The third-order valence-corrected chi connectivity index (χ3v) is 5.57. The van der Waals surface area contributed by atoms with Gasteiger partial charge in [-0.3, -0.25) is 4.79 Å². The number of amides is 1. The monoisotopic (exact) mass is 385 g/mol. The van der Waals surface area contributed by atoms with Gasteiger partial charge in [0.05, 0.1) is 22.6 Å². The summed E-state index contributed by atoms with van der Waals surface area (Å²) < 4.78 is 27.3. The first-order valence-electron chi connectivity index (χ1n) is 8.72. The Balaban J connectivity index is 2.11. The van der Waals surface area contributed by atoms with E-state index in [-0.39, 0.29) is 10.8 Å². The molecule has 7 heteroatoms. The first-order valence-corrected chi connectivity index (χ1v) is 10.2. The van der Waals surface area contributed by atoms with Crippen molar-refractivity contribution in [1.29, 1.82) is 5.26 Å². The molecule has 0 unspecified atom stereocenters. The van der Waals surface area contributed by atoms with Gasteiger partial charge in [0.15, 0.2) is 0 Å². The van der Waals surface area contributed by atoms with Crippen molar-refractivity contribution in [3.63, 3.8) is 0 Å². The van der Waals surface area contributed by atoms with Gasteiger partial charge in [0.2, 0.25) is 15.9 Å². The molecule has 0 aliphatic carbocycles. The maximum absolute atomic E-state index is 12.8. The average molecular weight is 385 g/mol. The Kier molecular flexibility index (Phi) is 7.11. The maximum atomic E-state index is 12.8. The molecular formula is C20H23N3O3S. The van der Waals surface area contributed by atoms with Crippen LogP contribution in [0.4, 0.5) is 0 Å². The zero-order valence-corrected chi connectivity index (χ0v) is 16.2. The van der Waals surface area contributed by atoms with Crippen molar-refractivity contribution in [1.82, 2.24) is 9.62 Å². The van der Waals surface area contributed by atoms with Crippen LogP contribution in [0.3, 0.4) is 0 Å². The molecule has 2 aromatic carbocycles. The van der Waals surface area contributed by atoms with E-state index in [2.05, 4.69) is 10.8 Å². The van der Waals surface area contributed by atoms with Crippen molar-refractivity contribution in [3.05, 3.63) is 65.7 Å². The fraction of sp³-hybridized carbons (Fsp3) is 0.300. The van der Waals surface area contributed by atoms with E-state index in [1.807, 2.05) is 6.92 Å². The predicted molar refractivity (Wildman–Crippen MR) is 103 cm³/mol. The molecule has 1 N–H and O–H groups in total. The van der Waals surface area contributed by atoms with Crippen LogP contribution in [0.2, 0.25) is 0 Å². The lowest BCUT2D eigenvalue weighted by Gasteiger charge is -2.26. The molecule has 1 atom stereocenters. The van der Waals surface area contributed by atoms with Crippen molar-refractivity contribution in [2.75, 3.05) is 6.54 Å². The van der Waals surface area contributed by atoms with Gasteiger partial charge in [-0.15, -0.1) is 0 Å². The first kappa shape index (κ1) is 20.6. The Morgan fingerprint density at radius 3 is 2.33 bits per heavy atom. The van der Waals surface area contributed by atoms with Crippen LogP contribution in [0.1, 0.15) is 31.4 Å². The summed E-state index contributed by atoms with van der Waals surface area (Å²) >= 11 is 0. The minimum absolute atomic E-state index is 0.124. The fourth-order valence-electron chi connectivity index (χ4n) is 2.67. The maximum Gasteiger partial charge on any atom is 0.241 e. The van der Waals surface area contributed by atoms with Crippen LogP contribution >= 0.6 is 0 Å². The summed E-state index contributed by atoms with van der Waals surface area (Å²) in [7, 11) is -3.77. The van der Waals surface area contributed by atoms with E-state index in [1.54, 1.807) is 54.3 Å². The zero-order chi connectivity index (χ0) is 19.9. The fourth-order valence-corrected chi connectivity index (χ4v) is 3.88. The zero-order valence-electron chi connectivity index (χ0n) is 15.4. The molecule has 0 heterocycles. The number of nitriles is 1. The van der Waals surface area contributed by atoms with E-state index in [9.17, 15) is 13.2 Å². The molecule has 27 heavy (non-hydrogen) atoms. The summed E-state index contributed by atoms with van der Waals surface area (Å²) in [6.45, 7) is 4.37. The Hall–Kier alpha value is -2.69. The van der Waals surface area contributed by atoms with Crippen LogP contribution in [0.25, 0.3) is 0 Å². The SMILES string of the molecule is CCCN(Cc1ccc(C#N)cc1)C(=O)[C@H](C)NS(=O)(=O)c1ccccc1. The molecule has 0 aliphatic rings. The number of rotatable bonds is 8. The Morgan fingerprint density at radius 2 is 1.78 bits per heavy atom. The molecule has 6 nitrogen and oxygen atoms in total. The lowest BCUT2D eigenvalue weighted by Crippen LogP contribution is -2.46. The summed E-state index contributed by atoms with van der Waals surface area (Å²) in [5.74, 6) is -0.291. The number of carbonyl (C=O) groups excluding carboxylic acids is 1. The van der Waals surface area contributed by atoms with Crippen LogP contribution in [0.15, 0.2) is 59.5 Å². The summed E-state index contributed by atoms with van der Waals surface area (Å²) in [6.07, 6.45) is 0.750. The van der Waals surface area contributed by atoms with Crippen LogP contribution < -0.4 is 4.72 Å². The van der Waals surface area contributed by atoms with Crippen molar-refractivity contribution < 1.29 is 13.2 Å². The summed E-state index contributed by atoms with van der Waals surface area (Å²) in [6, 6.07) is 16.1. The molecule has 142 valence electrons. The number of nitrogens with zero attached hydrogens (tertiary/aromatic N) is 2. The minimum Gasteiger partial charge on any atom is -0.337 e. The standard InChI is InChI=1S/C20H23N3O3S/c1-3-13-23(15-18-11-9-17(14-21)10-12-18)20(24)16(2)22-27(25,26)19-7-5-4-6-8-19/h4-12,16,22H,3,13,15H2,1-2H3/t16-/m0/s1. The third-order valence-electron chi connectivity index (χ3n) is 4.02. The van der Waals surface area contributed by atoms with E-state index < -0.39 is 16.1 Å². The van der Waals surface area contributed by atoms with E-state index >= 15 is 0 Å². The van der Waals surface area contributed by atoms with E-state index in [0.29, 0.717) is 18.7 Å². The highest BCUT2D eigenvalue weighted by Crippen LogP contribution is 2.12. The van der Waals surface area contributed by atoms with Crippen molar-refractivity contribution in [2.45, 2.75) is 37.8 Å². The summed E-state index contributed by atoms with van der Waals surface area (Å²) in [5.41, 5.74) is 1.44. The minimum atomic E-state index is -3.77. The van der Waals surface area contributed by atoms with E-state index in [4.69, 9.17) is 5.26 Å². The largest absolute Gasteiger partial charge is 0.337 e. The van der Waals surface area contributed by atoms with E-state index in [1.165, 1.54) is 12.1 Å². The van der Waals surface area contributed by atoms with Crippen LogP contribution in [0.5, 0.6) is 0 Å². The second kappa shape index (κ2) is 9.31. The topological polar surface area (TPSA) is 90.3 Å². The molecule has 2 aromatic rings. The van der Waals surface area contributed by atoms with Crippen molar-refractivity contribution in [2.24, 2.45) is 0 Å². The van der Waals surface area contributed by atoms with Gasteiger partial charge in [-0.1, -0.05) is 37.3 Å². The Bertz CT molecular complexity index is 904. The molecule has 0 saturated carbocycles. The summed E-state index contributed by atoms with van der Waals surface area (Å²) in [4.78, 5) is 14.6. The quantitative estimate of drug-likeness (QED) is 0.756. The second-order valence-corrected chi connectivity index (χ2v) is 7.94. The molecular weight excluding hydrogens is 362 g/mol. The first-order chi connectivity index (χ1) is 12.9. The predicted octanol–water partition coefficient (Wildman–Crippen LogP) is 2.66.